The number of thioether (sulfide) groups is 1. The molecule has 5 nitrogen and oxygen atoms in total. The summed E-state index contributed by atoms with van der Waals surface area (Å²) >= 11 is 3.06. The van der Waals surface area contributed by atoms with E-state index in [1.165, 1.54) is 11.3 Å². The first-order valence-corrected chi connectivity index (χ1v) is 8.60. The fraction of sp³-hybridized carbons (Fsp3) is 0.615. The maximum absolute atomic E-state index is 11.9. The number of thiophene rings is 1. The molecular weight excluding hydrogens is 294 g/mol. The third kappa shape index (κ3) is 2.89. The lowest BCUT2D eigenvalue weighted by molar-refractivity contribution is -0.00513. The number of hydrogen-bond donors (Lipinski definition) is 2. The fourth-order valence-corrected chi connectivity index (χ4v) is 4.59. The average molecular weight is 315 g/mol. The number of ether oxygens (including phenoxy) is 1. The van der Waals surface area contributed by atoms with Crippen LogP contribution in [0.2, 0.25) is 0 Å². The first-order valence-electron chi connectivity index (χ1n) is 6.56. The van der Waals surface area contributed by atoms with Crippen molar-refractivity contribution >= 4 is 39.7 Å². The van der Waals surface area contributed by atoms with Crippen molar-refractivity contribution in [2.24, 2.45) is 0 Å². The standard InChI is InChI=1S/C13H21N3O2S2/c1-7-5-16(6-8(2)18-7)13-11(19-4)9(14)10(20-13)12(17)15-3/h7-8H,5-6,14H2,1-4H3,(H,15,17)/t7-,8+. The number of carbonyl (C=O) groups is 1. The number of nitrogens with two attached hydrogens (primary N) is 1. The maximum Gasteiger partial charge on any atom is 0.263 e. The smallest absolute Gasteiger partial charge is 0.263 e. The quantitative estimate of drug-likeness (QED) is 0.835. The van der Waals surface area contributed by atoms with Gasteiger partial charge in [0.2, 0.25) is 0 Å². The number of rotatable bonds is 3. The van der Waals surface area contributed by atoms with E-state index in [2.05, 4.69) is 24.1 Å². The molecule has 0 radical (unpaired) electrons. The normalized spacial score (nSPS) is 22.9. The molecule has 1 aliphatic heterocycles. The lowest BCUT2D eigenvalue weighted by Crippen LogP contribution is -2.45. The number of nitrogens with one attached hydrogen (secondary N) is 1. The van der Waals surface area contributed by atoms with Crippen molar-refractivity contribution in [2.75, 3.05) is 37.0 Å². The van der Waals surface area contributed by atoms with Crippen LogP contribution in [0.25, 0.3) is 0 Å². The van der Waals surface area contributed by atoms with Crippen LogP contribution in [-0.2, 0) is 4.74 Å². The molecular formula is C13H21N3O2S2. The zero-order chi connectivity index (χ0) is 14.9. The highest BCUT2D eigenvalue weighted by Crippen LogP contribution is 2.44. The largest absolute Gasteiger partial charge is 0.396 e. The summed E-state index contributed by atoms with van der Waals surface area (Å²) in [4.78, 5) is 15.8. The minimum Gasteiger partial charge on any atom is -0.396 e. The van der Waals surface area contributed by atoms with Crippen LogP contribution in [0.5, 0.6) is 0 Å². The van der Waals surface area contributed by atoms with E-state index < -0.39 is 0 Å². The molecule has 20 heavy (non-hydrogen) atoms. The van der Waals surface area contributed by atoms with Crippen molar-refractivity contribution in [3.8, 4) is 0 Å². The predicted octanol–water partition coefficient (Wildman–Crippen LogP) is 2.03. The zero-order valence-corrected chi connectivity index (χ0v) is 13.9. The van der Waals surface area contributed by atoms with Crippen molar-refractivity contribution < 1.29 is 9.53 Å². The summed E-state index contributed by atoms with van der Waals surface area (Å²) in [6, 6.07) is 0. The summed E-state index contributed by atoms with van der Waals surface area (Å²) in [5, 5.41) is 3.73. The Balaban J connectivity index is 2.38. The van der Waals surface area contributed by atoms with Gasteiger partial charge in [-0.15, -0.1) is 23.1 Å². The maximum atomic E-state index is 11.9. The topological polar surface area (TPSA) is 67.6 Å². The predicted molar refractivity (Wildman–Crippen MR) is 86.1 cm³/mol. The molecule has 0 aliphatic carbocycles. The number of nitrogen functional groups attached to an aromatic ring is 1. The molecule has 1 aliphatic rings. The molecule has 3 N–H and O–H groups in total. The molecule has 0 aromatic carbocycles. The van der Waals surface area contributed by atoms with Gasteiger partial charge in [0.15, 0.2) is 0 Å². The Kier molecular flexibility index (Phi) is 4.82. The van der Waals surface area contributed by atoms with Gasteiger partial charge in [0.1, 0.15) is 9.88 Å². The molecule has 112 valence electrons. The Bertz CT molecular complexity index is 494. The number of nitrogens with zero attached hydrogens (tertiary/aromatic N) is 1. The first kappa shape index (κ1) is 15.5. The molecule has 2 atom stereocenters. The van der Waals surface area contributed by atoms with Crippen LogP contribution in [0, 0.1) is 0 Å². The Morgan fingerprint density at radius 2 is 2.05 bits per heavy atom. The van der Waals surface area contributed by atoms with E-state index >= 15 is 0 Å². The monoisotopic (exact) mass is 315 g/mol. The highest BCUT2D eigenvalue weighted by atomic mass is 32.2. The second-order valence-electron chi connectivity index (χ2n) is 4.92. The van der Waals surface area contributed by atoms with Crippen LogP contribution in [0.3, 0.4) is 0 Å². The molecule has 0 spiro atoms. The van der Waals surface area contributed by atoms with E-state index in [-0.39, 0.29) is 18.1 Å². The third-order valence-electron chi connectivity index (χ3n) is 3.23. The molecule has 1 saturated heterocycles. The second kappa shape index (κ2) is 6.24. The van der Waals surface area contributed by atoms with Crippen molar-refractivity contribution in [1.82, 2.24) is 5.32 Å². The molecule has 0 bridgehead atoms. The van der Waals surface area contributed by atoms with Crippen molar-refractivity contribution in [1.29, 1.82) is 0 Å². The van der Waals surface area contributed by atoms with Gasteiger partial charge in [-0.05, 0) is 20.1 Å². The minimum absolute atomic E-state index is 0.122. The molecule has 0 unspecified atom stereocenters. The van der Waals surface area contributed by atoms with E-state index in [9.17, 15) is 4.79 Å². The van der Waals surface area contributed by atoms with Gasteiger partial charge in [0.05, 0.1) is 22.8 Å². The van der Waals surface area contributed by atoms with Crippen molar-refractivity contribution in [3.05, 3.63) is 4.88 Å². The van der Waals surface area contributed by atoms with E-state index in [0.717, 1.165) is 23.0 Å². The first-order chi connectivity index (χ1) is 9.47. The number of anilines is 2. The molecule has 2 rings (SSSR count). The van der Waals surface area contributed by atoms with Crippen LogP contribution in [-0.4, -0.2) is 44.5 Å². The number of carbonyl (C=O) groups excluding carboxylic acids is 1. The number of morpholine rings is 1. The van der Waals surface area contributed by atoms with Crippen LogP contribution in [0.4, 0.5) is 10.7 Å². The third-order valence-corrected chi connectivity index (χ3v) is 5.44. The molecule has 1 amide bonds. The summed E-state index contributed by atoms with van der Waals surface area (Å²) < 4.78 is 5.76. The van der Waals surface area contributed by atoms with Gasteiger partial charge in [0.25, 0.3) is 5.91 Å². The van der Waals surface area contributed by atoms with Gasteiger partial charge in [-0.2, -0.15) is 0 Å². The molecule has 0 saturated carbocycles. The summed E-state index contributed by atoms with van der Waals surface area (Å²) in [7, 11) is 1.62. The molecule has 2 heterocycles. The van der Waals surface area contributed by atoms with Crippen molar-refractivity contribution in [3.63, 3.8) is 0 Å². The van der Waals surface area contributed by atoms with Gasteiger partial charge in [-0.1, -0.05) is 0 Å². The summed E-state index contributed by atoms with van der Waals surface area (Å²) in [6.45, 7) is 5.78. The van der Waals surface area contributed by atoms with Gasteiger partial charge < -0.3 is 20.7 Å². The molecule has 1 aromatic heterocycles. The fourth-order valence-electron chi connectivity index (χ4n) is 2.45. The minimum atomic E-state index is -0.122. The van der Waals surface area contributed by atoms with Crippen LogP contribution in [0.1, 0.15) is 23.5 Å². The summed E-state index contributed by atoms with van der Waals surface area (Å²) in [5.74, 6) is -0.122. The Labute approximate surface area is 127 Å². The van der Waals surface area contributed by atoms with Gasteiger partial charge in [-0.3, -0.25) is 4.79 Å². The Hall–Kier alpha value is -0.920. The Morgan fingerprint density at radius 3 is 2.55 bits per heavy atom. The van der Waals surface area contributed by atoms with Gasteiger partial charge in [0, 0.05) is 20.1 Å². The van der Waals surface area contributed by atoms with Gasteiger partial charge >= 0.3 is 0 Å². The molecule has 1 aromatic rings. The Morgan fingerprint density at radius 1 is 1.45 bits per heavy atom. The van der Waals surface area contributed by atoms with E-state index in [0.29, 0.717) is 10.6 Å². The lowest BCUT2D eigenvalue weighted by Gasteiger charge is -2.36. The summed E-state index contributed by atoms with van der Waals surface area (Å²) in [5.41, 5.74) is 6.72. The summed E-state index contributed by atoms with van der Waals surface area (Å²) in [6.07, 6.45) is 2.35. The van der Waals surface area contributed by atoms with E-state index in [1.807, 2.05) is 6.26 Å². The van der Waals surface area contributed by atoms with E-state index in [1.54, 1.807) is 18.8 Å². The molecule has 7 heteroatoms. The van der Waals surface area contributed by atoms with Crippen LogP contribution in [0.15, 0.2) is 4.90 Å². The average Bonchev–Trinajstić information content (AvgIpc) is 2.73. The number of hydrogen-bond acceptors (Lipinski definition) is 6. The highest BCUT2D eigenvalue weighted by molar-refractivity contribution is 7.99. The zero-order valence-electron chi connectivity index (χ0n) is 12.2. The lowest BCUT2D eigenvalue weighted by atomic mass is 10.2. The SMILES string of the molecule is CNC(=O)c1sc(N2C[C@@H](C)O[C@@H](C)C2)c(SC)c1N. The molecule has 1 fully saturated rings. The number of amides is 1. The van der Waals surface area contributed by atoms with Gasteiger partial charge in [-0.25, -0.2) is 0 Å². The van der Waals surface area contributed by atoms with Crippen molar-refractivity contribution in [2.45, 2.75) is 31.0 Å². The van der Waals surface area contributed by atoms with Crippen LogP contribution >= 0.6 is 23.1 Å². The van der Waals surface area contributed by atoms with E-state index in [4.69, 9.17) is 10.5 Å². The van der Waals surface area contributed by atoms with Crippen LogP contribution < -0.4 is 16.0 Å². The second-order valence-corrected chi connectivity index (χ2v) is 6.74. The highest BCUT2D eigenvalue weighted by Gasteiger charge is 2.28.